The molecule has 2 aliphatic rings. The van der Waals surface area contributed by atoms with Gasteiger partial charge in [0.15, 0.2) is 5.82 Å². The zero-order valence-electron chi connectivity index (χ0n) is 17.8. The maximum atomic E-state index is 12.8. The Morgan fingerprint density at radius 2 is 1.65 bits per heavy atom. The monoisotopic (exact) mass is 499 g/mol. The summed E-state index contributed by atoms with van der Waals surface area (Å²) in [5.41, 5.74) is -5.13. The highest BCUT2D eigenvalue weighted by molar-refractivity contribution is 5.78. The van der Waals surface area contributed by atoms with Gasteiger partial charge in [-0.15, -0.1) is 10.2 Å². The Morgan fingerprint density at radius 1 is 1.03 bits per heavy atom. The van der Waals surface area contributed by atoms with Crippen LogP contribution in [0, 0.1) is 5.92 Å². The summed E-state index contributed by atoms with van der Waals surface area (Å²) in [6.45, 7) is 0.223. The van der Waals surface area contributed by atoms with Crippen molar-refractivity contribution in [2.24, 2.45) is 5.92 Å². The minimum absolute atomic E-state index is 0.0543. The molecular formula is C19H23F6N5O4. The molecule has 1 aromatic heterocycles. The van der Waals surface area contributed by atoms with Gasteiger partial charge in [-0.25, -0.2) is 4.79 Å². The van der Waals surface area contributed by atoms with E-state index < -0.39 is 36.4 Å². The number of hydrogen-bond acceptors (Lipinski definition) is 7. The quantitative estimate of drug-likeness (QED) is 0.555. The van der Waals surface area contributed by atoms with Crippen LogP contribution in [0.2, 0.25) is 0 Å². The van der Waals surface area contributed by atoms with E-state index in [1.54, 1.807) is 4.90 Å². The molecule has 9 nitrogen and oxygen atoms in total. The molecule has 190 valence electrons. The Balaban J connectivity index is 1.49. The van der Waals surface area contributed by atoms with Crippen LogP contribution >= 0.6 is 0 Å². The van der Waals surface area contributed by atoms with E-state index in [1.807, 2.05) is 0 Å². The van der Waals surface area contributed by atoms with E-state index in [1.165, 1.54) is 12.1 Å². The van der Waals surface area contributed by atoms with Crippen molar-refractivity contribution in [3.05, 3.63) is 12.1 Å². The Morgan fingerprint density at radius 3 is 2.15 bits per heavy atom. The lowest BCUT2D eigenvalue weighted by Gasteiger charge is -2.37. The lowest BCUT2D eigenvalue weighted by molar-refractivity contribution is -0.367. The molecule has 0 spiro atoms. The number of rotatable bonds is 7. The van der Waals surface area contributed by atoms with Crippen molar-refractivity contribution < 1.29 is 45.8 Å². The van der Waals surface area contributed by atoms with Crippen LogP contribution < -0.4 is 15.0 Å². The van der Waals surface area contributed by atoms with Gasteiger partial charge in [-0.2, -0.15) is 26.3 Å². The fourth-order valence-electron chi connectivity index (χ4n) is 3.33. The molecule has 3 rings (SSSR count). The number of piperazine rings is 1. The van der Waals surface area contributed by atoms with Gasteiger partial charge < -0.3 is 25.0 Å². The molecule has 2 N–H and O–H groups in total. The van der Waals surface area contributed by atoms with E-state index in [9.17, 15) is 41.0 Å². The van der Waals surface area contributed by atoms with Crippen LogP contribution in [0.3, 0.4) is 0 Å². The van der Waals surface area contributed by atoms with Crippen molar-refractivity contribution in [3.63, 3.8) is 0 Å². The number of anilines is 1. The number of aromatic nitrogens is 2. The van der Waals surface area contributed by atoms with E-state index in [0.29, 0.717) is 18.3 Å². The van der Waals surface area contributed by atoms with Crippen LogP contribution in [0.15, 0.2) is 12.1 Å². The third-order valence-electron chi connectivity index (χ3n) is 5.64. The Bertz CT molecular complexity index is 853. The molecule has 0 atom stereocenters. The number of hydrogen-bond donors (Lipinski definition) is 2. The second kappa shape index (κ2) is 9.80. The molecule has 1 saturated carbocycles. The first-order chi connectivity index (χ1) is 15.8. The third-order valence-corrected chi connectivity index (χ3v) is 5.64. The summed E-state index contributed by atoms with van der Waals surface area (Å²) in [5.74, 6) is -0.564. The number of carbonyl (C=O) groups is 2. The molecule has 2 amide bonds. The zero-order chi connectivity index (χ0) is 25.1. The minimum Gasteiger partial charge on any atom is -0.390 e. The largest absolute Gasteiger partial charge is 0.426 e. The molecule has 0 unspecified atom stereocenters. The minimum atomic E-state index is -6.06. The molecule has 1 aliphatic heterocycles. The SMILES string of the molecule is O=C(NCCC1CC1)Oc1ccc(N2CCN(C(=O)CC(O)(C(F)(F)F)C(F)(F)F)CC2)nn1. The van der Waals surface area contributed by atoms with Crippen molar-refractivity contribution >= 4 is 17.8 Å². The number of aliphatic hydroxyl groups is 1. The van der Waals surface area contributed by atoms with E-state index in [0.717, 1.165) is 24.2 Å². The van der Waals surface area contributed by atoms with E-state index in [-0.39, 0.29) is 32.1 Å². The second-order valence-corrected chi connectivity index (χ2v) is 8.18. The molecule has 34 heavy (non-hydrogen) atoms. The third kappa shape index (κ3) is 6.18. The normalized spacial score (nSPS) is 17.5. The summed E-state index contributed by atoms with van der Waals surface area (Å²) in [5, 5.41) is 19.5. The highest BCUT2D eigenvalue weighted by Crippen LogP contribution is 2.45. The van der Waals surface area contributed by atoms with E-state index in [4.69, 9.17) is 4.74 Å². The van der Waals surface area contributed by atoms with Crippen molar-refractivity contribution in [3.8, 4) is 5.88 Å². The van der Waals surface area contributed by atoms with Crippen molar-refractivity contribution in [2.75, 3.05) is 37.6 Å². The van der Waals surface area contributed by atoms with Gasteiger partial charge in [0.05, 0.1) is 6.42 Å². The highest BCUT2D eigenvalue weighted by Gasteiger charge is 2.71. The Kier molecular flexibility index (Phi) is 7.43. The van der Waals surface area contributed by atoms with Crippen LogP contribution in [0.1, 0.15) is 25.7 Å². The number of halogens is 6. The molecule has 15 heteroatoms. The summed E-state index contributed by atoms with van der Waals surface area (Å²) in [6.07, 6.45) is -11.8. The standard InChI is InChI=1S/C19H23F6N5O4/c20-18(21,22)17(33,19(23,24)25)11-15(31)30-9-7-29(8-10-30)13-3-4-14(28-27-13)34-16(32)26-6-5-12-1-2-12/h3-4,12,33H,1-2,5-11H2,(H,26,32). The van der Waals surface area contributed by atoms with Gasteiger partial charge >= 0.3 is 18.4 Å². The molecular weight excluding hydrogens is 476 g/mol. The summed E-state index contributed by atoms with van der Waals surface area (Å²) in [7, 11) is 0. The van der Waals surface area contributed by atoms with Gasteiger partial charge in [0.2, 0.25) is 11.8 Å². The summed E-state index contributed by atoms with van der Waals surface area (Å²) >= 11 is 0. The summed E-state index contributed by atoms with van der Waals surface area (Å²) in [4.78, 5) is 26.2. The maximum Gasteiger partial charge on any atom is 0.426 e. The predicted molar refractivity (Wildman–Crippen MR) is 104 cm³/mol. The number of alkyl halides is 6. The van der Waals surface area contributed by atoms with Crippen LogP contribution in [0.5, 0.6) is 5.88 Å². The molecule has 0 radical (unpaired) electrons. The van der Waals surface area contributed by atoms with Crippen LogP contribution in [-0.4, -0.2) is 82.9 Å². The Labute approximate surface area is 190 Å². The number of ether oxygens (including phenoxy) is 1. The number of nitrogens with zero attached hydrogens (tertiary/aromatic N) is 4. The topological polar surface area (TPSA) is 108 Å². The van der Waals surface area contributed by atoms with Gasteiger partial charge in [0.25, 0.3) is 5.60 Å². The summed E-state index contributed by atoms with van der Waals surface area (Å²) < 4.78 is 81.9. The first-order valence-electron chi connectivity index (χ1n) is 10.5. The zero-order valence-corrected chi connectivity index (χ0v) is 17.8. The molecule has 0 aromatic carbocycles. The number of amides is 2. The fraction of sp³-hybridized carbons (Fsp3) is 0.684. The highest BCUT2D eigenvalue weighted by atomic mass is 19.4. The molecule has 1 aliphatic carbocycles. The van der Waals surface area contributed by atoms with Gasteiger partial charge in [-0.1, -0.05) is 12.8 Å². The molecule has 1 saturated heterocycles. The first-order valence-corrected chi connectivity index (χ1v) is 10.5. The van der Waals surface area contributed by atoms with Gasteiger partial charge in [-0.3, -0.25) is 4.79 Å². The van der Waals surface area contributed by atoms with E-state index >= 15 is 0 Å². The predicted octanol–water partition coefficient (Wildman–Crippen LogP) is 2.26. The fourth-order valence-corrected chi connectivity index (χ4v) is 3.33. The first kappa shape index (κ1) is 25.8. The van der Waals surface area contributed by atoms with Gasteiger partial charge in [0, 0.05) is 38.8 Å². The van der Waals surface area contributed by atoms with Crippen LogP contribution in [0.25, 0.3) is 0 Å². The number of carbonyl (C=O) groups excluding carboxylic acids is 2. The van der Waals surface area contributed by atoms with E-state index in [2.05, 4.69) is 15.5 Å². The average Bonchev–Trinajstić information content (AvgIpc) is 3.57. The average molecular weight is 499 g/mol. The number of nitrogens with one attached hydrogen (secondary N) is 1. The van der Waals surface area contributed by atoms with Crippen molar-refractivity contribution in [2.45, 2.75) is 43.6 Å². The van der Waals surface area contributed by atoms with Gasteiger partial charge in [0.1, 0.15) is 0 Å². The lowest BCUT2D eigenvalue weighted by atomic mass is 9.97. The molecule has 2 heterocycles. The van der Waals surface area contributed by atoms with Crippen molar-refractivity contribution in [1.29, 1.82) is 0 Å². The smallest absolute Gasteiger partial charge is 0.390 e. The van der Waals surface area contributed by atoms with Crippen molar-refractivity contribution in [1.82, 2.24) is 20.4 Å². The summed E-state index contributed by atoms with van der Waals surface area (Å²) in [6, 6.07) is 2.86. The lowest BCUT2D eigenvalue weighted by Crippen LogP contribution is -2.60. The Hall–Kier alpha value is -2.84. The second-order valence-electron chi connectivity index (χ2n) is 8.18. The van der Waals surface area contributed by atoms with Gasteiger partial charge in [-0.05, 0) is 18.4 Å². The molecule has 0 bridgehead atoms. The van der Waals surface area contributed by atoms with Crippen LogP contribution in [0.4, 0.5) is 37.0 Å². The van der Waals surface area contributed by atoms with Crippen LogP contribution in [-0.2, 0) is 4.79 Å². The maximum absolute atomic E-state index is 12.8. The molecule has 1 aromatic rings. The molecule has 2 fully saturated rings.